The second kappa shape index (κ2) is 4.52. The van der Waals surface area contributed by atoms with E-state index in [0.29, 0.717) is 10.9 Å². The van der Waals surface area contributed by atoms with Gasteiger partial charge in [-0.2, -0.15) is 0 Å². The summed E-state index contributed by atoms with van der Waals surface area (Å²) in [7, 11) is 0. The maximum absolute atomic E-state index is 6.15. The van der Waals surface area contributed by atoms with Crippen LogP contribution in [0, 0.1) is 0 Å². The second-order valence-electron chi connectivity index (χ2n) is 3.71. The van der Waals surface area contributed by atoms with E-state index < -0.39 is 0 Å². The topological polar surface area (TPSA) is 12.0 Å². The summed E-state index contributed by atoms with van der Waals surface area (Å²) in [4.78, 5) is 0. The smallest absolute Gasteiger partial charge is 0.0456 e. The first-order valence-electron chi connectivity index (χ1n) is 4.93. The van der Waals surface area contributed by atoms with Gasteiger partial charge in [-0.15, -0.1) is 0 Å². The van der Waals surface area contributed by atoms with Gasteiger partial charge in [-0.05, 0) is 43.0 Å². The minimum atomic E-state index is 0.550. The van der Waals surface area contributed by atoms with Gasteiger partial charge >= 0.3 is 0 Å². The summed E-state index contributed by atoms with van der Waals surface area (Å²) in [5, 5.41) is 4.89. The molecule has 0 amide bonds. The van der Waals surface area contributed by atoms with Gasteiger partial charge in [0.2, 0.25) is 0 Å². The van der Waals surface area contributed by atoms with Crippen LogP contribution in [0.2, 0.25) is 10.0 Å². The molecule has 1 aliphatic rings. The minimum absolute atomic E-state index is 0.550. The van der Waals surface area contributed by atoms with E-state index in [4.69, 9.17) is 23.2 Å². The van der Waals surface area contributed by atoms with Crippen LogP contribution in [0.4, 0.5) is 0 Å². The third-order valence-electron chi connectivity index (χ3n) is 2.70. The standard InChI is InChI=1S/C11H13Cl2N/c12-9-3-4-10(11(13)6-9)8-2-1-5-14-7-8/h3-4,6,8,14H,1-2,5,7H2/t8-/m1/s1. The van der Waals surface area contributed by atoms with Gasteiger partial charge in [-0.25, -0.2) is 0 Å². The van der Waals surface area contributed by atoms with E-state index in [-0.39, 0.29) is 0 Å². The van der Waals surface area contributed by atoms with E-state index in [0.717, 1.165) is 18.1 Å². The quantitative estimate of drug-likeness (QED) is 0.778. The zero-order valence-corrected chi connectivity index (χ0v) is 9.41. The molecule has 1 aromatic rings. The Morgan fingerprint density at radius 3 is 2.79 bits per heavy atom. The summed E-state index contributed by atoms with van der Waals surface area (Å²) in [5.74, 6) is 0.550. The molecular weight excluding hydrogens is 217 g/mol. The number of benzene rings is 1. The number of hydrogen-bond acceptors (Lipinski definition) is 1. The van der Waals surface area contributed by atoms with Crippen LogP contribution in [0.3, 0.4) is 0 Å². The Morgan fingerprint density at radius 1 is 1.29 bits per heavy atom. The van der Waals surface area contributed by atoms with Gasteiger partial charge in [0.05, 0.1) is 0 Å². The Morgan fingerprint density at radius 2 is 2.14 bits per heavy atom. The third-order valence-corrected chi connectivity index (χ3v) is 3.26. The lowest BCUT2D eigenvalue weighted by molar-refractivity contribution is 0.462. The van der Waals surface area contributed by atoms with Crippen molar-refractivity contribution in [1.29, 1.82) is 0 Å². The van der Waals surface area contributed by atoms with E-state index in [9.17, 15) is 0 Å². The molecule has 0 spiro atoms. The number of nitrogens with one attached hydrogen (secondary N) is 1. The molecule has 3 heteroatoms. The summed E-state index contributed by atoms with van der Waals surface area (Å²) in [6.07, 6.45) is 2.44. The summed E-state index contributed by atoms with van der Waals surface area (Å²) in [6, 6.07) is 5.78. The van der Waals surface area contributed by atoms with Crippen LogP contribution < -0.4 is 5.32 Å². The summed E-state index contributed by atoms with van der Waals surface area (Å²) < 4.78 is 0. The molecule has 1 atom stereocenters. The maximum atomic E-state index is 6.15. The fourth-order valence-electron chi connectivity index (χ4n) is 1.95. The molecule has 1 fully saturated rings. The maximum Gasteiger partial charge on any atom is 0.0456 e. The SMILES string of the molecule is Clc1ccc([C@@H]2CCCNC2)c(Cl)c1. The van der Waals surface area contributed by atoms with Crippen molar-refractivity contribution >= 4 is 23.2 Å². The Balaban J connectivity index is 2.22. The molecule has 0 aromatic heterocycles. The van der Waals surface area contributed by atoms with Gasteiger partial charge in [0, 0.05) is 16.6 Å². The number of hydrogen-bond donors (Lipinski definition) is 1. The normalized spacial score (nSPS) is 22.3. The predicted molar refractivity (Wildman–Crippen MR) is 61.3 cm³/mol. The molecule has 14 heavy (non-hydrogen) atoms. The first-order chi connectivity index (χ1) is 6.77. The van der Waals surface area contributed by atoms with Crippen LogP contribution in [0.5, 0.6) is 0 Å². The van der Waals surface area contributed by atoms with E-state index >= 15 is 0 Å². The van der Waals surface area contributed by atoms with Crippen LogP contribution in [0.15, 0.2) is 18.2 Å². The highest BCUT2D eigenvalue weighted by Gasteiger charge is 2.17. The van der Waals surface area contributed by atoms with E-state index in [1.165, 1.54) is 18.4 Å². The molecule has 0 radical (unpaired) electrons. The summed E-state index contributed by atoms with van der Waals surface area (Å²) in [6.45, 7) is 2.16. The van der Waals surface area contributed by atoms with Crippen LogP contribution in [0.1, 0.15) is 24.3 Å². The average molecular weight is 230 g/mol. The zero-order valence-electron chi connectivity index (χ0n) is 7.89. The molecule has 1 nitrogen and oxygen atoms in total. The van der Waals surface area contributed by atoms with E-state index in [1.807, 2.05) is 18.2 Å². The Hall–Kier alpha value is -0.240. The molecule has 76 valence electrons. The van der Waals surface area contributed by atoms with Crippen molar-refractivity contribution in [2.24, 2.45) is 0 Å². The molecule has 1 saturated heterocycles. The lowest BCUT2D eigenvalue weighted by Crippen LogP contribution is -2.28. The van der Waals surface area contributed by atoms with E-state index in [2.05, 4.69) is 5.32 Å². The fourth-order valence-corrected chi connectivity index (χ4v) is 2.51. The van der Waals surface area contributed by atoms with Crippen molar-refractivity contribution < 1.29 is 0 Å². The van der Waals surface area contributed by atoms with Crippen molar-refractivity contribution in [3.05, 3.63) is 33.8 Å². The molecule has 1 aliphatic heterocycles. The molecule has 2 rings (SSSR count). The average Bonchev–Trinajstić information content (AvgIpc) is 2.19. The van der Waals surface area contributed by atoms with Crippen molar-refractivity contribution in [2.75, 3.05) is 13.1 Å². The molecule has 0 aliphatic carbocycles. The zero-order chi connectivity index (χ0) is 9.97. The van der Waals surface area contributed by atoms with Crippen LogP contribution in [-0.4, -0.2) is 13.1 Å². The van der Waals surface area contributed by atoms with Crippen LogP contribution in [-0.2, 0) is 0 Å². The Labute approximate surface area is 94.4 Å². The first-order valence-corrected chi connectivity index (χ1v) is 5.68. The van der Waals surface area contributed by atoms with Crippen molar-refractivity contribution in [2.45, 2.75) is 18.8 Å². The van der Waals surface area contributed by atoms with Crippen molar-refractivity contribution in [3.8, 4) is 0 Å². The molecule has 1 heterocycles. The van der Waals surface area contributed by atoms with Gasteiger partial charge in [-0.1, -0.05) is 29.3 Å². The third kappa shape index (κ3) is 2.22. The molecule has 0 bridgehead atoms. The molecular formula is C11H13Cl2N. The molecule has 1 N–H and O–H groups in total. The van der Waals surface area contributed by atoms with Gasteiger partial charge in [0.1, 0.15) is 0 Å². The minimum Gasteiger partial charge on any atom is -0.316 e. The number of rotatable bonds is 1. The van der Waals surface area contributed by atoms with E-state index in [1.54, 1.807) is 0 Å². The van der Waals surface area contributed by atoms with Gasteiger partial charge in [-0.3, -0.25) is 0 Å². The Bertz CT molecular complexity index is 319. The van der Waals surface area contributed by atoms with Crippen molar-refractivity contribution in [1.82, 2.24) is 5.32 Å². The molecule has 1 aromatic carbocycles. The predicted octanol–water partition coefficient (Wildman–Crippen LogP) is 3.46. The molecule has 0 saturated carbocycles. The van der Waals surface area contributed by atoms with Gasteiger partial charge in [0.25, 0.3) is 0 Å². The highest BCUT2D eigenvalue weighted by Crippen LogP contribution is 2.31. The van der Waals surface area contributed by atoms with Crippen molar-refractivity contribution in [3.63, 3.8) is 0 Å². The summed E-state index contributed by atoms with van der Waals surface area (Å²) in [5.41, 5.74) is 1.23. The highest BCUT2D eigenvalue weighted by molar-refractivity contribution is 6.35. The lowest BCUT2D eigenvalue weighted by Gasteiger charge is -2.23. The number of halogens is 2. The highest BCUT2D eigenvalue weighted by atomic mass is 35.5. The number of piperidine rings is 1. The van der Waals surface area contributed by atoms with Gasteiger partial charge in [0.15, 0.2) is 0 Å². The lowest BCUT2D eigenvalue weighted by atomic mass is 9.92. The molecule has 0 unspecified atom stereocenters. The Kier molecular flexibility index (Phi) is 3.32. The van der Waals surface area contributed by atoms with Crippen LogP contribution >= 0.6 is 23.2 Å². The van der Waals surface area contributed by atoms with Gasteiger partial charge < -0.3 is 5.32 Å². The largest absolute Gasteiger partial charge is 0.316 e. The monoisotopic (exact) mass is 229 g/mol. The first kappa shape index (κ1) is 10.3. The fraction of sp³-hybridized carbons (Fsp3) is 0.455. The second-order valence-corrected chi connectivity index (χ2v) is 4.55. The summed E-state index contributed by atoms with van der Waals surface area (Å²) >= 11 is 12.0. The van der Waals surface area contributed by atoms with Crippen LogP contribution in [0.25, 0.3) is 0 Å².